The van der Waals surface area contributed by atoms with Crippen LogP contribution in [0.2, 0.25) is 0 Å². The van der Waals surface area contributed by atoms with Gasteiger partial charge in [-0.15, -0.1) is 0 Å². The number of para-hydroxylation sites is 1. The highest BCUT2D eigenvalue weighted by molar-refractivity contribution is 6.00. The summed E-state index contributed by atoms with van der Waals surface area (Å²) in [6.45, 7) is 3.72. The van der Waals surface area contributed by atoms with Gasteiger partial charge in [0.05, 0.1) is 11.4 Å². The predicted molar refractivity (Wildman–Crippen MR) is 104 cm³/mol. The fourth-order valence-electron chi connectivity index (χ4n) is 3.08. The number of fused-ring (bicyclic) bond motifs is 1. The summed E-state index contributed by atoms with van der Waals surface area (Å²) < 4.78 is 0.856. The van der Waals surface area contributed by atoms with Gasteiger partial charge in [0, 0.05) is 11.1 Å². The molecule has 2 aromatic carbocycles. The third-order valence-electron chi connectivity index (χ3n) is 4.73. The lowest BCUT2D eigenvalue weighted by Crippen LogP contribution is -2.34. The molecule has 1 atom stereocenters. The SMILES string of the molecule is CC[C@H](C)c1ccccc1NC(=O)Cn1nc(C(=O)[O-])c2ccccc2c1=O. The first-order valence-electron chi connectivity index (χ1n) is 9.02. The summed E-state index contributed by atoms with van der Waals surface area (Å²) in [6, 6.07) is 13.7. The van der Waals surface area contributed by atoms with E-state index >= 15 is 0 Å². The highest BCUT2D eigenvalue weighted by atomic mass is 16.4. The highest BCUT2D eigenvalue weighted by Gasteiger charge is 2.15. The first kappa shape index (κ1) is 19.3. The molecule has 0 unspecified atom stereocenters. The van der Waals surface area contributed by atoms with Crippen molar-refractivity contribution in [1.29, 1.82) is 0 Å². The van der Waals surface area contributed by atoms with E-state index in [1.807, 2.05) is 18.2 Å². The largest absolute Gasteiger partial charge is 0.543 e. The van der Waals surface area contributed by atoms with E-state index in [1.54, 1.807) is 18.2 Å². The van der Waals surface area contributed by atoms with E-state index < -0.39 is 24.0 Å². The Morgan fingerprint density at radius 3 is 2.43 bits per heavy atom. The number of nitrogens with zero attached hydrogens (tertiary/aromatic N) is 2. The summed E-state index contributed by atoms with van der Waals surface area (Å²) in [4.78, 5) is 36.6. The van der Waals surface area contributed by atoms with Crippen molar-refractivity contribution < 1.29 is 14.7 Å². The zero-order valence-corrected chi connectivity index (χ0v) is 15.6. The monoisotopic (exact) mass is 378 g/mol. The van der Waals surface area contributed by atoms with Crippen LogP contribution in [0.1, 0.15) is 42.2 Å². The van der Waals surface area contributed by atoms with E-state index in [9.17, 15) is 19.5 Å². The van der Waals surface area contributed by atoms with Crippen molar-refractivity contribution in [2.75, 3.05) is 5.32 Å². The van der Waals surface area contributed by atoms with Crippen LogP contribution in [0.15, 0.2) is 53.3 Å². The Kier molecular flexibility index (Phi) is 5.54. The van der Waals surface area contributed by atoms with Crippen LogP contribution in [-0.2, 0) is 11.3 Å². The molecule has 7 heteroatoms. The molecule has 0 fully saturated rings. The van der Waals surface area contributed by atoms with Gasteiger partial charge >= 0.3 is 0 Å². The number of carbonyl (C=O) groups excluding carboxylic acids is 2. The van der Waals surface area contributed by atoms with Crippen LogP contribution >= 0.6 is 0 Å². The van der Waals surface area contributed by atoms with Gasteiger partial charge in [0.2, 0.25) is 5.91 Å². The Bertz CT molecular complexity index is 1100. The summed E-state index contributed by atoms with van der Waals surface area (Å²) >= 11 is 0. The van der Waals surface area contributed by atoms with Gasteiger partial charge in [-0.2, -0.15) is 5.10 Å². The maximum Gasteiger partial charge on any atom is 0.275 e. The Balaban J connectivity index is 1.94. The van der Waals surface area contributed by atoms with Crippen molar-refractivity contribution in [3.05, 3.63) is 70.1 Å². The minimum Gasteiger partial charge on any atom is -0.543 e. The average Bonchev–Trinajstić information content (AvgIpc) is 2.69. The molecule has 1 aromatic heterocycles. The van der Waals surface area contributed by atoms with Gasteiger partial charge in [0.15, 0.2) is 0 Å². The summed E-state index contributed by atoms with van der Waals surface area (Å²) in [7, 11) is 0. The Morgan fingerprint density at radius 1 is 1.11 bits per heavy atom. The minimum absolute atomic E-state index is 0.171. The molecular formula is C21H20N3O4-. The number of hydrogen-bond donors (Lipinski definition) is 1. The van der Waals surface area contributed by atoms with Gasteiger partial charge in [-0.25, -0.2) is 4.68 Å². The van der Waals surface area contributed by atoms with Crippen molar-refractivity contribution in [1.82, 2.24) is 9.78 Å². The molecule has 0 radical (unpaired) electrons. The van der Waals surface area contributed by atoms with E-state index in [1.165, 1.54) is 12.1 Å². The van der Waals surface area contributed by atoms with Crippen LogP contribution < -0.4 is 16.0 Å². The third kappa shape index (κ3) is 3.78. The van der Waals surface area contributed by atoms with Crippen LogP contribution in [0, 0.1) is 0 Å². The van der Waals surface area contributed by atoms with Gasteiger partial charge in [-0.05, 0) is 30.0 Å². The van der Waals surface area contributed by atoms with Crippen LogP contribution in [-0.4, -0.2) is 21.7 Å². The average molecular weight is 378 g/mol. The molecule has 0 spiro atoms. The Hall–Kier alpha value is -3.48. The molecular weight excluding hydrogens is 358 g/mol. The van der Waals surface area contributed by atoms with E-state index in [4.69, 9.17) is 0 Å². The second kappa shape index (κ2) is 8.04. The zero-order chi connectivity index (χ0) is 20.3. The quantitative estimate of drug-likeness (QED) is 0.706. The van der Waals surface area contributed by atoms with Gasteiger partial charge in [-0.3, -0.25) is 9.59 Å². The van der Waals surface area contributed by atoms with Crippen LogP contribution in [0.3, 0.4) is 0 Å². The standard InChI is InChI=1S/C21H21N3O4/c1-3-13(2)14-8-6-7-11-17(14)22-18(25)12-24-20(26)16-10-5-4-9-15(16)19(23-24)21(27)28/h4-11,13H,3,12H2,1-2H3,(H,22,25)(H,27,28)/p-1/t13-/m0/s1. The first-order chi connectivity index (χ1) is 13.4. The lowest BCUT2D eigenvalue weighted by atomic mass is 9.97. The number of hydrogen-bond acceptors (Lipinski definition) is 5. The fourth-order valence-corrected chi connectivity index (χ4v) is 3.08. The molecule has 0 aliphatic carbocycles. The van der Waals surface area contributed by atoms with E-state index in [-0.39, 0.29) is 22.4 Å². The van der Waals surface area contributed by atoms with Gasteiger partial charge < -0.3 is 15.2 Å². The van der Waals surface area contributed by atoms with Crippen LogP contribution in [0.4, 0.5) is 5.69 Å². The first-order valence-corrected chi connectivity index (χ1v) is 9.02. The molecule has 0 aliphatic heterocycles. The maximum absolute atomic E-state index is 12.6. The molecule has 0 saturated heterocycles. The molecule has 1 heterocycles. The van der Waals surface area contributed by atoms with Crippen LogP contribution in [0.25, 0.3) is 10.8 Å². The molecule has 0 aliphatic rings. The lowest BCUT2D eigenvalue weighted by molar-refractivity contribution is -0.255. The van der Waals surface area contributed by atoms with Crippen molar-refractivity contribution in [2.45, 2.75) is 32.7 Å². The molecule has 0 bridgehead atoms. The lowest BCUT2D eigenvalue weighted by Gasteiger charge is -2.16. The number of anilines is 1. The number of carbonyl (C=O) groups is 2. The van der Waals surface area contributed by atoms with Gasteiger partial charge in [0.1, 0.15) is 12.2 Å². The van der Waals surface area contributed by atoms with E-state index in [2.05, 4.69) is 24.3 Å². The molecule has 3 aromatic rings. The highest BCUT2D eigenvalue weighted by Crippen LogP contribution is 2.26. The molecule has 0 saturated carbocycles. The molecule has 7 nitrogen and oxygen atoms in total. The fraction of sp³-hybridized carbons (Fsp3) is 0.238. The number of amides is 1. The Morgan fingerprint density at radius 2 is 1.75 bits per heavy atom. The van der Waals surface area contributed by atoms with E-state index in [0.717, 1.165) is 16.7 Å². The van der Waals surface area contributed by atoms with Crippen LogP contribution in [0.5, 0.6) is 0 Å². The van der Waals surface area contributed by atoms with Gasteiger partial charge in [-0.1, -0.05) is 50.2 Å². The van der Waals surface area contributed by atoms with Crippen molar-refractivity contribution in [2.24, 2.45) is 0 Å². The van der Waals surface area contributed by atoms with E-state index in [0.29, 0.717) is 5.69 Å². The zero-order valence-electron chi connectivity index (χ0n) is 15.6. The topological polar surface area (TPSA) is 104 Å². The number of aromatic nitrogens is 2. The predicted octanol–water partition coefficient (Wildman–Crippen LogP) is 1.91. The number of carboxylic acids is 1. The maximum atomic E-state index is 12.6. The molecule has 1 N–H and O–H groups in total. The second-order valence-electron chi connectivity index (χ2n) is 6.59. The summed E-state index contributed by atoms with van der Waals surface area (Å²) in [5.41, 5.74) is 0.748. The summed E-state index contributed by atoms with van der Waals surface area (Å²) in [5.74, 6) is -1.72. The number of benzene rings is 2. The van der Waals surface area contributed by atoms with Crippen molar-refractivity contribution in [3.8, 4) is 0 Å². The molecule has 28 heavy (non-hydrogen) atoms. The summed E-state index contributed by atoms with van der Waals surface area (Å²) in [6.07, 6.45) is 0.910. The third-order valence-corrected chi connectivity index (χ3v) is 4.73. The molecule has 3 rings (SSSR count). The molecule has 1 amide bonds. The minimum atomic E-state index is -1.51. The van der Waals surface area contributed by atoms with Gasteiger partial charge in [0.25, 0.3) is 5.56 Å². The smallest absolute Gasteiger partial charge is 0.275 e. The second-order valence-corrected chi connectivity index (χ2v) is 6.59. The molecule has 144 valence electrons. The number of nitrogens with one attached hydrogen (secondary N) is 1. The number of rotatable bonds is 6. The number of aromatic carboxylic acids is 1. The normalized spacial score (nSPS) is 11.9. The summed E-state index contributed by atoms with van der Waals surface area (Å²) in [5, 5.41) is 18.4. The van der Waals surface area contributed by atoms with Crippen molar-refractivity contribution in [3.63, 3.8) is 0 Å². The Labute approximate surface area is 161 Å². The number of carboxylic acid groups (broad SMARTS) is 1. The van der Waals surface area contributed by atoms with Crippen molar-refractivity contribution >= 4 is 28.3 Å².